The highest BCUT2D eigenvalue weighted by molar-refractivity contribution is 8.24. The van der Waals surface area contributed by atoms with E-state index in [0.29, 0.717) is 15.8 Å². The highest BCUT2D eigenvalue weighted by Crippen LogP contribution is 2.31. The molecule has 2 amide bonds. The third-order valence-corrected chi connectivity index (χ3v) is 5.49. The van der Waals surface area contributed by atoms with Crippen LogP contribution in [0.5, 0.6) is 11.5 Å². The highest BCUT2D eigenvalue weighted by Gasteiger charge is 2.39. The predicted octanol–water partition coefficient (Wildman–Crippen LogP) is 4.44. The Balaban J connectivity index is 1.55. The summed E-state index contributed by atoms with van der Waals surface area (Å²) in [6, 6.07) is 16.6. The highest BCUT2D eigenvalue weighted by atomic mass is 32.2. The third kappa shape index (κ3) is 4.87. The zero-order chi connectivity index (χ0) is 19.4. The molecule has 0 aliphatic carbocycles. The number of amides is 2. The van der Waals surface area contributed by atoms with E-state index in [-0.39, 0.29) is 24.3 Å². The predicted molar refractivity (Wildman–Crippen MR) is 112 cm³/mol. The number of carbonyl (C=O) groups is 2. The van der Waals surface area contributed by atoms with Gasteiger partial charge in [-0.05, 0) is 50.2 Å². The summed E-state index contributed by atoms with van der Waals surface area (Å²) in [7, 11) is 0. The standard InChI is InChI=1S/C20H20N2O3S2/c1-13(2)22-19(24)17(27-20(22)26)12-18(23)21-14-8-10-16(11-9-14)25-15-6-4-3-5-7-15/h3-11,13,17H,12H2,1-2H3,(H,21,23). The second-order valence-electron chi connectivity index (χ2n) is 6.37. The van der Waals surface area contributed by atoms with Crippen molar-refractivity contribution < 1.29 is 14.3 Å². The van der Waals surface area contributed by atoms with Gasteiger partial charge in [0.1, 0.15) is 15.8 Å². The lowest BCUT2D eigenvalue weighted by Crippen LogP contribution is -2.37. The van der Waals surface area contributed by atoms with Gasteiger partial charge in [0.15, 0.2) is 0 Å². The van der Waals surface area contributed by atoms with E-state index in [1.54, 1.807) is 29.2 Å². The van der Waals surface area contributed by atoms with Crippen molar-refractivity contribution in [1.29, 1.82) is 0 Å². The lowest BCUT2D eigenvalue weighted by atomic mass is 10.2. The van der Waals surface area contributed by atoms with Gasteiger partial charge < -0.3 is 10.1 Å². The molecule has 2 aromatic rings. The summed E-state index contributed by atoms with van der Waals surface area (Å²) in [5, 5.41) is 2.36. The van der Waals surface area contributed by atoms with Crippen LogP contribution in [0.2, 0.25) is 0 Å². The number of nitrogens with zero attached hydrogens (tertiary/aromatic N) is 1. The molecule has 1 atom stereocenters. The molecule has 1 aliphatic rings. The second kappa shape index (κ2) is 8.54. The van der Waals surface area contributed by atoms with Crippen molar-refractivity contribution in [3.8, 4) is 11.5 Å². The van der Waals surface area contributed by atoms with Gasteiger partial charge in [0.25, 0.3) is 0 Å². The largest absolute Gasteiger partial charge is 0.457 e. The number of thiocarbonyl (C=S) groups is 1. The molecule has 1 fully saturated rings. The number of thioether (sulfide) groups is 1. The number of benzene rings is 2. The van der Waals surface area contributed by atoms with Gasteiger partial charge in [0, 0.05) is 18.2 Å². The fourth-order valence-electron chi connectivity index (χ4n) is 2.68. The van der Waals surface area contributed by atoms with Gasteiger partial charge >= 0.3 is 0 Å². The Kier molecular flexibility index (Phi) is 6.13. The van der Waals surface area contributed by atoms with Gasteiger partial charge in [-0.2, -0.15) is 0 Å². The monoisotopic (exact) mass is 400 g/mol. The summed E-state index contributed by atoms with van der Waals surface area (Å²) in [5.74, 6) is 1.11. The number of ether oxygens (including phenoxy) is 1. The van der Waals surface area contributed by atoms with Crippen LogP contribution >= 0.6 is 24.0 Å². The number of rotatable bonds is 6. The van der Waals surface area contributed by atoms with Crippen molar-refractivity contribution in [2.45, 2.75) is 31.6 Å². The minimum atomic E-state index is -0.458. The molecular weight excluding hydrogens is 380 g/mol. The van der Waals surface area contributed by atoms with Crippen molar-refractivity contribution in [2.75, 3.05) is 5.32 Å². The number of hydrogen-bond donors (Lipinski definition) is 1. The maximum absolute atomic E-state index is 12.4. The second-order valence-corrected chi connectivity index (χ2v) is 8.20. The van der Waals surface area contributed by atoms with E-state index in [4.69, 9.17) is 17.0 Å². The van der Waals surface area contributed by atoms with Crippen molar-refractivity contribution in [2.24, 2.45) is 0 Å². The molecule has 1 heterocycles. The number of carbonyl (C=O) groups excluding carboxylic acids is 2. The fraction of sp³-hybridized carbons (Fsp3) is 0.250. The molecule has 0 radical (unpaired) electrons. The minimum Gasteiger partial charge on any atom is -0.457 e. The van der Waals surface area contributed by atoms with E-state index in [0.717, 1.165) is 5.75 Å². The molecule has 0 bridgehead atoms. The first kappa shape index (κ1) is 19.4. The number of nitrogens with one attached hydrogen (secondary N) is 1. The molecule has 5 nitrogen and oxygen atoms in total. The summed E-state index contributed by atoms with van der Waals surface area (Å²) in [4.78, 5) is 26.3. The van der Waals surface area contributed by atoms with E-state index in [1.807, 2.05) is 44.2 Å². The Hall–Kier alpha value is -2.38. The van der Waals surface area contributed by atoms with Crippen LogP contribution in [0, 0.1) is 0 Å². The summed E-state index contributed by atoms with van der Waals surface area (Å²) in [6.07, 6.45) is 0.0924. The molecule has 0 spiro atoms. The number of para-hydroxylation sites is 1. The quantitative estimate of drug-likeness (QED) is 0.726. The van der Waals surface area contributed by atoms with Crippen LogP contribution in [0.3, 0.4) is 0 Å². The summed E-state index contributed by atoms with van der Waals surface area (Å²) in [6.45, 7) is 3.82. The Morgan fingerprint density at radius 3 is 2.37 bits per heavy atom. The molecule has 1 N–H and O–H groups in total. The van der Waals surface area contributed by atoms with Gasteiger partial charge in [0.2, 0.25) is 11.8 Å². The summed E-state index contributed by atoms with van der Waals surface area (Å²) < 4.78 is 6.26. The Morgan fingerprint density at radius 2 is 1.78 bits per heavy atom. The molecule has 7 heteroatoms. The van der Waals surface area contributed by atoms with E-state index >= 15 is 0 Å². The van der Waals surface area contributed by atoms with Crippen molar-refractivity contribution in [1.82, 2.24) is 4.90 Å². The molecule has 0 saturated carbocycles. The van der Waals surface area contributed by atoms with E-state index in [1.165, 1.54) is 11.8 Å². The molecule has 0 aromatic heterocycles. The van der Waals surface area contributed by atoms with Gasteiger partial charge in [-0.3, -0.25) is 14.5 Å². The minimum absolute atomic E-state index is 0.00252. The Bertz CT molecular complexity index is 838. The van der Waals surface area contributed by atoms with Gasteiger partial charge in [-0.25, -0.2) is 0 Å². The molecule has 1 saturated heterocycles. The van der Waals surface area contributed by atoms with Gasteiger partial charge in [0.05, 0.1) is 5.25 Å². The first-order valence-corrected chi connectivity index (χ1v) is 9.89. The molecule has 2 aromatic carbocycles. The molecule has 1 aliphatic heterocycles. The third-order valence-electron chi connectivity index (χ3n) is 3.96. The average molecular weight is 401 g/mol. The SMILES string of the molecule is CC(C)N1C(=O)C(CC(=O)Nc2ccc(Oc3ccccc3)cc2)SC1=S. The van der Waals surface area contributed by atoms with E-state index in [2.05, 4.69) is 5.32 Å². The first-order chi connectivity index (χ1) is 12.9. The maximum Gasteiger partial charge on any atom is 0.242 e. The average Bonchev–Trinajstić information content (AvgIpc) is 2.91. The topological polar surface area (TPSA) is 58.6 Å². The van der Waals surface area contributed by atoms with Crippen LogP contribution in [-0.2, 0) is 9.59 Å². The van der Waals surface area contributed by atoms with Crippen molar-refractivity contribution >= 4 is 45.8 Å². The van der Waals surface area contributed by atoms with Crippen LogP contribution in [-0.4, -0.2) is 32.3 Å². The van der Waals surface area contributed by atoms with Crippen LogP contribution in [0.4, 0.5) is 5.69 Å². The molecule has 140 valence electrons. The van der Waals surface area contributed by atoms with Crippen LogP contribution in [0.25, 0.3) is 0 Å². The normalized spacial score (nSPS) is 16.7. The van der Waals surface area contributed by atoms with Crippen LogP contribution in [0.15, 0.2) is 54.6 Å². The molecule has 27 heavy (non-hydrogen) atoms. The van der Waals surface area contributed by atoms with E-state index in [9.17, 15) is 9.59 Å². The van der Waals surface area contributed by atoms with Crippen LogP contribution in [0.1, 0.15) is 20.3 Å². The summed E-state index contributed by atoms with van der Waals surface area (Å²) >= 11 is 6.52. The van der Waals surface area contributed by atoms with Gasteiger partial charge in [-0.15, -0.1) is 0 Å². The maximum atomic E-state index is 12.4. The zero-order valence-electron chi connectivity index (χ0n) is 15.0. The van der Waals surface area contributed by atoms with Gasteiger partial charge in [-0.1, -0.05) is 42.2 Å². The lowest BCUT2D eigenvalue weighted by molar-refractivity contribution is -0.129. The fourth-order valence-corrected chi connectivity index (χ4v) is 4.44. The Labute approximate surface area is 168 Å². The molecule has 1 unspecified atom stereocenters. The number of hydrogen-bond acceptors (Lipinski definition) is 5. The molecular formula is C20H20N2O3S2. The zero-order valence-corrected chi connectivity index (χ0v) is 16.7. The first-order valence-electron chi connectivity index (χ1n) is 8.60. The number of anilines is 1. The van der Waals surface area contributed by atoms with E-state index < -0.39 is 5.25 Å². The smallest absolute Gasteiger partial charge is 0.242 e. The lowest BCUT2D eigenvalue weighted by Gasteiger charge is -2.19. The molecule has 3 rings (SSSR count). The van der Waals surface area contributed by atoms with Crippen LogP contribution < -0.4 is 10.1 Å². The summed E-state index contributed by atoms with van der Waals surface area (Å²) in [5.41, 5.74) is 0.652. The van der Waals surface area contributed by atoms with Crippen molar-refractivity contribution in [3.05, 3.63) is 54.6 Å². The Morgan fingerprint density at radius 1 is 1.15 bits per heavy atom. The van der Waals surface area contributed by atoms with Crippen molar-refractivity contribution in [3.63, 3.8) is 0 Å².